The van der Waals surface area contributed by atoms with Crippen molar-refractivity contribution in [2.45, 2.75) is 57.8 Å². The van der Waals surface area contributed by atoms with Crippen molar-refractivity contribution in [3.8, 4) is 0 Å². The molecule has 0 unspecified atom stereocenters. The lowest BCUT2D eigenvalue weighted by atomic mass is 9.84. The molecule has 5 atom stereocenters. The maximum absolute atomic E-state index is 12.8. The van der Waals surface area contributed by atoms with Gasteiger partial charge in [-0.15, -0.1) is 0 Å². The summed E-state index contributed by atoms with van der Waals surface area (Å²) >= 11 is 0. The first-order valence-electron chi connectivity index (χ1n) is 9.48. The molecule has 0 saturated heterocycles. The Bertz CT molecular complexity index is 769. The van der Waals surface area contributed by atoms with Crippen molar-refractivity contribution in [2.24, 2.45) is 17.8 Å². The number of halogens is 3. The summed E-state index contributed by atoms with van der Waals surface area (Å²) in [6, 6.07) is 1.40. The van der Waals surface area contributed by atoms with Crippen LogP contribution in [0.1, 0.15) is 45.1 Å². The van der Waals surface area contributed by atoms with Crippen LogP contribution in [0.3, 0.4) is 0 Å². The van der Waals surface area contributed by atoms with Crippen molar-refractivity contribution in [1.82, 2.24) is 5.32 Å². The predicted octanol–water partition coefficient (Wildman–Crippen LogP) is 4.35. The van der Waals surface area contributed by atoms with Crippen LogP contribution in [0.4, 0.5) is 24.5 Å². The molecule has 0 aromatic heterocycles. The first kappa shape index (κ1) is 20.4. The topological polar surface area (TPSA) is 84.3 Å². The molecule has 2 saturated carbocycles. The zero-order valence-corrected chi connectivity index (χ0v) is 15.8. The number of fused-ring (bicyclic) bond motifs is 2. The summed E-state index contributed by atoms with van der Waals surface area (Å²) in [5, 5.41) is 16.8. The molecule has 2 aliphatic rings. The molecule has 2 aliphatic carbocycles. The Kier molecular flexibility index (Phi) is 5.54. The Morgan fingerprint density at radius 3 is 2.50 bits per heavy atom. The number of alkyl halides is 3. The molecule has 2 fully saturated rings. The molecule has 2 N–H and O–H groups in total. The molecule has 1 aromatic carbocycles. The van der Waals surface area contributed by atoms with Crippen LogP contribution in [-0.4, -0.2) is 22.9 Å². The van der Waals surface area contributed by atoms with E-state index in [1.165, 1.54) is 26.2 Å². The van der Waals surface area contributed by atoms with E-state index < -0.39 is 28.4 Å². The number of hydrogen-bond donors (Lipinski definition) is 2. The third kappa shape index (κ3) is 4.23. The SMILES string of the molecule is C[C@H](Nc1ccc(C(F)(F)F)cc1[N+](=O)[O-])C(=O)N[C@@H](C)[C@H]1C[C@H]2CC[C@H]1C2. The molecule has 9 heteroatoms. The zero-order chi connectivity index (χ0) is 20.6. The Morgan fingerprint density at radius 1 is 1.25 bits per heavy atom. The van der Waals surface area contributed by atoms with Gasteiger partial charge in [0, 0.05) is 12.1 Å². The van der Waals surface area contributed by atoms with E-state index in [4.69, 9.17) is 0 Å². The first-order chi connectivity index (χ1) is 13.1. The van der Waals surface area contributed by atoms with Crippen LogP contribution in [0.25, 0.3) is 0 Å². The highest BCUT2D eigenvalue weighted by Gasteiger charge is 2.42. The second-order valence-electron chi connectivity index (χ2n) is 7.99. The Balaban J connectivity index is 1.65. The van der Waals surface area contributed by atoms with Crippen molar-refractivity contribution < 1.29 is 22.9 Å². The van der Waals surface area contributed by atoms with Crippen LogP contribution >= 0.6 is 0 Å². The van der Waals surface area contributed by atoms with E-state index in [1.54, 1.807) is 0 Å². The Labute approximate surface area is 161 Å². The van der Waals surface area contributed by atoms with Crippen molar-refractivity contribution in [2.75, 3.05) is 5.32 Å². The van der Waals surface area contributed by atoms with Gasteiger partial charge in [-0.3, -0.25) is 14.9 Å². The molecule has 3 rings (SSSR count). The predicted molar refractivity (Wildman–Crippen MR) is 97.7 cm³/mol. The number of nitrogens with one attached hydrogen (secondary N) is 2. The van der Waals surface area contributed by atoms with Gasteiger partial charge >= 0.3 is 6.18 Å². The fourth-order valence-electron chi connectivity index (χ4n) is 4.64. The lowest BCUT2D eigenvalue weighted by Gasteiger charge is -2.29. The molecular weight excluding hydrogens is 375 g/mol. The second-order valence-corrected chi connectivity index (χ2v) is 7.99. The van der Waals surface area contributed by atoms with Gasteiger partial charge < -0.3 is 10.6 Å². The molecule has 28 heavy (non-hydrogen) atoms. The van der Waals surface area contributed by atoms with Crippen LogP contribution in [0.2, 0.25) is 0 Å². The maximum Gasteiger partial charge on any atom is 0.416 e. The van der Waals surface area contributed by atoms with E-state index in [0.29, 0.717) is 17.9 Å². The fraction of sp³-hybridized carbons (Fsp3) is 0.632. The number of amides is 1. The summed E-state index contributed by atoms with van der Waals surface area (Å²) in [6.45, 7) is 3.50. The van der Waals surface area contributed by atoms with E-state index in [0.717, 1.165) is 24.5 Å². The number of anilines is 1. The fourth-order valence-corrected chi connectivity index (χ4v) is 4.64. The van der Waals surface area contributed by atoms with Gasteiger partial charge in [-0.25, -0.2) is 0 Å². The van der Waals surface area contributed by atoms with E-state index in [2.05, 4.69) is 10.6 Å². The summed E-state index contributed by atoms with van der Waals surface area (Å²) < 4.78 is 38.4. The molecule has 2 bridgehead atoms. The largest absolute Gasteiger partial charge is 0.416 e. The van der Waals surface area contributed by atoms with Crippen LogP contribution in [0.15, 0.2) is 18.2 Å². The zero-order valence-electron chi connectivity index (χ0n) is 15.8. The van der Waals surface area contributed by atoms with E-state index in [-0.39, 0.29) is 17.6 Å². The highest BCUT2D eigenvalue weighted by Crippen LogP contribution is 2.49. The van der Waals surface area contributed by atoms with Crippen molar-refractivity contribution in [3.63, 3.8) is 0 Å². The number of carbonyl (C=O) groups is 1. The van der Waals surface area contributed by atoms with Gasteiger partial charge in [0.1, 0.15) is 11.7 Å². The summed E-state index contributed by atoms with van der Waals surface area (Å²) in [5.41, 5.74) is -1.93. The molecule has 154 valence electrons. The summed E-state index contributed by atoms with van der Waals surface area (Å²) in [7, 11) is 0. The van der Waals surface area contributed by atoms with Crippen LogP contribution in [-0.2, 0) is 11.0 Å². The van der Waals surface area contributed by atoms with Gasteiger partial charge in [0.2, 0.25) is 5.91 Å². The van der Waals surface area contributed by atoms with Crippen LogP contribution < -0.4 is 10.6 Å². The summed E-state index contributed by atoms with van der Waals surface area (Å²) in [4.78, 5) is 22.8. The average molecular weight is 399 g/mol. The minimum absolute atomic E-state index is 0.00496. The number of nitrogens with zero attached hydrogens (tertiary/aromatic N) is 1. The first-order valence-corrected chi connectivity index (χ1v) is 9.48. The Morgan fingerprint density at radius 2 is 1.96 bits per heavy atom. The quantitative estimate of drug-likeness (QED) is 0.550. The normalized spacial score (nSPS) is 26.0. The lowest BCUT2D eigenvalue weighted by Crippen LogP contribution is -2.46. The van der Waals surface area contributed by atoms with E-state index >= 15 is 0 Å². The molecule has 1 amide bonds. The number of benzene rings is 1. The molecular formula is C19H24F3N3O3. The number of rotatable bonds is 6. The van der Waals surface area contributed by atoms with Crippen LogP contribution in [0, 0.1) is 27.9 Å². The molecule has 0 heterocycles. The third-order valence-corrected chi connectivity index (χ3v) is 6.09. The minimum Gasteiger partial charge on any atom is -0.368 e. The number of nitro groups is 1. The standard InChI is InChI=1S/C19H24F3N3O3/c1-10(15-8-12-3-4-13(15)7-12)24-18(26)11(2)23-16-6-5-14(19(20,21)22)9-17(16)25(27)28/h5-6,9-13,15,23H,3-4,7-8H2,1-2H3,(H,24,26)/t10-,11-,12-,13-,15+/m0/s1. The highest BCUT2D eigenvalue weighted by atomic mass is 19.4. The maximum atomic E-state index is 12.8. The van der Waals surface area contributed by atoms with Gasteiger partial charge in [-0.05, 0) is 63.0 Å². The van der Waals surface area contributed by atoms with Gasteiger partial charge in [0.15, 0.2) is 0 Å². The smallest absolute Gasteiger partial charge is 0.368 e. The van der Waals surface area contributed by atoms with E-state index in [9.17, 15) is 28.1 Å². The number of nitro benzene ring substituents is 1. The van der Waals surface area contributed by atoms with Crippen molar-refractivity contribution in [1.29, 1.82) is 0 Å². The molecule has 0 aliphatic heterocycles. The van der Waals surface area contributed by atoms with Gasteiger partial charge in [0.25, 0.3) is 5.69 Å². The number of hydrogen-bond acceptors (Lipinski definition) is 4. The molecule has 0 radical (unpaired) electrons. The highest BCUT2D eigenvalue weighted by molar-refractivity contribution is 5.85. The summed E-state index contributed by atoms with van der Waals surface area (Å²) in [5.74, 6) is 1.50. The van der Waals surface area contributed by atoms with Crippen molar-refractivity contribution in [3.05, 3.63) is 33.9 Å². The lowest BCUT2D eigenvalue weighted by molar-refractivity contribution is -0.384. The van der Waals surface area contributed by atoms with Gasteiger partial charge in [0.05, 0.1) is 10.5 Å². The van der Waals surface area contributed by atoms with Gasteiger partial charge in [-0.1, -0.05) is 6.42 Å². The number of carbonyl (C=O) groups excluding carboxylic acids is 1. The van der Waals surface area contributed by atoms with E-state index in [1.807, 2.05) is 6.92 Å². The molecule has 1 aromatic rings. The average Bonchev–Trinajstić information content (AvgIpc) is 3.24. The minimum atomic E-state index is -4.68. The Hall–Kier alpha value is -2.32. The van der Waals surface area contributed by atoms with Gasteiger partial charge in [-0.2, -0.15) is 13.2 Å². The molecule has 0 spiro atoms. The molecule has 6 nitrogen and oxygen atoms in total. The second kappa shape index (κ2) is 7.60. The third-order valence-electron chi connectivity index (χ3n) is 6.09. The monoisotopic (exact) mass is 399 g/mol. The van der Waals surface area contributed by atoms with Crippen molar-refractivity contribution >= 4 is 17.3 Å². The summed E-state index contributed by atoms with van der Waals surface area (Å²) in [6.07, 6.45) is 0.107. The van der Waals surface area contributed by atoms with Crippen LogP contribution in [0.5, 0.6) is 0 Å².